The van der Waals surface area contributed by atoms with Gasteiger partial charge in [0.2, 0.25) is 5.91 Å². The van der Waals surface area contributed by atoms with Crippen molar-refractivity contribution in [2.45, 2.75) is 60.6 Å². The van der Waals surface area contributed by atoms with Gasteiger partial charge in [-0.25, -0.2) is 15.0 Å². The SMILES string of the molecule is C[C@H]1CC2(C=CN(c3cnc(Sc4ccnc5c4NC(=O)C4(CCC4)N5)cn3)CC2)CO1. The molecule has 5 heterocycles. The first-order valence-corrected chi connectivity index (χ1v) is 12.0. The number of anilines is 3. The molecule has 2 spiro atoms. The van der Waals surface area contributed by atoms with E-state index in [0.717, 1.165) is 72.5 Å². The number of aromatic nitrogens is 3. The molecule has 1 saturated heterocycles. The summed E-state index contributed by atoms with van der Waals surface area (Å²) in [4.78, 5) is 29.4. The third kappa shape index (κ3) is 3.34. The molecule has 0 bridgehead atoms. The number of pyridine rings is 1. The fourth-order valence-corrected chi connectivity index (χ4v) is 5.81. The maximum atomic E-state index is 12.6. The van der Waals surface area contributed by atoms with Gasteiger partial charge >= 0.3 is 0 Å². The summed E-state index contributed by atoms with van der Waals surface area (Å²) < 4.78 is 5.79. The Kier molecular flexibility index (Phi) is 4.65. The van der Waals surface area contributed by atoms with Crippen LogP contribution in [0.3, 0.4) is 0 Å². The van der Waals surface area contributed by atoms with Crippen LogP contribution >= 0.6 is 11.8 Å². The van der Waals surface area contributed by atoms with E-state index in [1.54, 1.807) is 12.4 Å². The second-order valence-electron chi connectivity index (χ2n) is 9.31. The lowest BCUT2D eigenvalue weighted by molar-refractivity contribution is -0.123. The summed E-state index contributed by atoms with van der Waals surface area (Å²) in [5, 5.41) is 7.21. The number of carbonyl (C=O) groups is 1. The Hall–Kier alpha value is -2.65. The van der Waals surface area contributed by atoms with Crippen LogP contribution in [0.1, 0.15) is 39.0 Å². The topological polar surface area (TPSA) is 92.3 Å². The number of carbonyl (C=O) groups excluding carboxylic acids is 1. The second-order valence-corrected chi connectivity index (χ2v) is 10.4. The molecular weight excluding hydrogens is 424 g/mol. The van der Waals surface area contributed by atoms with E-state index in [9.17, 15) is 4.79 Å². The van der Waals surface area contributed by atoms with Gasteiger partial charge in [0.05, 0.1) is 30.8 Å². The summed E-state index contributed by atoms with van der Waals surface area (Å²) in [6, 6.07) is 1.90. The zero-order valence-corrected chi connectivity index (χ0v) is 18.8. The Morgan fingerprint density at radius 1 is 1.22 bits per heavy atom. The van der Waals surface area contributed by atoms with Gasteiger partial charge in [-0.2, -0.15) is 0 Å². The smallest absolute Gasteiger partial charge is 0.250 e. The molecule has 6 rings (SSSR count). The molecule has 1 aliphatic carbocycles. The van der Waals surface area contributed by atoms with Gasteiger partial charge in [-0.05, 0) is 45.1 Å². The van der Waals surface area contributed by atoms with Gasteiger partial charge < -0.3 is 20.3 Å². The van der Waals surface area contributed by atoms with Gasteiger partial charge in [0.1, 0.15) is 10.6 Å². The molecule has 2 N–H and O–H groups in total. The van der Waals surface area contributed by atoms with Crippen LogP contribution in [-0.2, 0) is 9.53 Å². The zero-order valence-electron chi connectivity index (χ0n) is 18.0. The average molecular weight is 451 g/mol. The van der Waals surface area contributed by atoms with Crippen LogP contribution < -0.4 is 15.5 Å². The van der Waals surface area contributed by atoms with Crippen molar-refractivity contribution in [3.05, 3.63) is 36.9 Å². The number of nitrogens with zero attached hydrogens (tertiary/aromatic N) is 4. The van der Waals surface area contributed by atoms with Crippen molar-refractivity contribution in [1.29, 1.82) is 0 Å². The van der Waals surface area contributed by atoms with Crippen LogP contribution in [0.4, 0.5) is 17.3 Å². The van der Waals surface area contributed by atoms with E-state index < -0.39 is 5.54 Å². The Morgan fingerprint density at radius 3 is 2.78 bits per heavy atom. The molecule has 3 aliphatic heterocycles. The fraction of sp³-hybridized carbons (Fsp3) is 0.478. The molecule has 1 amide bonds. The average Bonchev–Trinajstić information content (AvgIpc) is 3.14. The molecule has 8 nitrogen and oxygen atoms in total. The molecule has 2 fully saturated rings. The van der Waals surface area contributed by atoms with Gasteiger partial charge in [0.25, 0.3) is 0 Å². The van der Waals surface area contributed by atoms with Crippen LogP contribution in [0, 0.1) is 5.41 Å². The first kappa shape index (κ1) is 20.0. The molecule has 166 valence electrons. The largest absolute Gasteiger partial charge is 0.378 e. The van der Waals surface area contributed by atoms with E-state index in [-0.39, 0.29) is 11.3 Å². The second kappa shape index (κ2) is 7.45. The third-order valence-corrected chi connectivity index (χ3v) is 8.06. The lowest BCUT2D eigenvalue weighted by Gasteiger charge is -2.44. The van der Waals surface area contributed by atoms with E-state index in [1.807, 2.05) is 12.3 Å². The van der Waals surface area contributed by atoms with E-state index in [1.165, 1.54) is 11.8 Å². The van der Waals surface area contributed by atoms with Gasteiger partial charge in [-0.1, -0.05) is 17.8 Å². The molecule has 2 atom stereocenters. The maximum absolute atomic E-state index is 12.6. The zero-order chi connectivity index (χ0) is 21.8. The van der Waals surface area contributed by atoms with Crippen LogP contribution in [-0.4, -0.2) is 45.7 Å². The minimum Gasteiger partial charge on any atom is -0.378 e. The van der Waals surface area contributed by atoms with Gasteiger partial charge in [0, 0.05) is 29.3 Å². The van der Waals surface area contributed by atoms with Crippen molar-refractivity contribution in [3.8, 4) is 0 Å². The van der Waals surface area contributed by atoms with Gasteiger partial charge in [0.15, 0.2) is 11.6 Å². The lowest BCUT2D eigenvalue weighted by atomic mass is 9.75. The van der Waals surface area contributed by atoms with Crippen molar-refractivity contribution in [1.82, 2.24) is 15.0 Å². The number of rotatable bonds is 3. The highest BCUT2D eigenvalue weighted by Gasteiger charge is 2.47. The van der Waals surface area contributed by atoms with Crippen molar-refractivity contribution in [3.63, 3.8) is 0 Å². The van der Waals surface area contributed by atoms with E-state index in [4.69, 9.17) is 4.74 Å². The first-order chi connectivity index (χ1) is 15.5. The lowest BCUT2D eigenvalue weighted by Crippen LogP contribution is -2.57. The molecule has 32 heavy (non-hydrogen) atoms. The number of hydrogen-bond acceptors (Lipinski definition) is 8. The summed E-state index contributed by atoms with van der Waals surface area (Å²) >= 11 is 1.48. The standard InChI is InChI=1S/C23H26N6O2S/c1-15-11-22(14-31-15)6-9-29(10-7-22)17-12-26-18(13-25-17)32-16-3-8-24-20-19(16)27-21(30)23(28-20)4-2-5-23/h3,6,8-9,12-13,15H,2,4-5,7,10-11,14H2,1H3,(H,24,28)(H,27,30)/t15-,22?/m0/s1. The molecule has 0 aromatic carbocycles. The number of hydrogen-bond donors (Lipinski definition) is 2. The Balaban J connectivity index is 1.17. The molecule has 2 aromatic heterocycles. The highest BCUT2D eigenvalue weighted by Crippen LogP contribution is 2.45. The maximum Gasteiger partial charge on any atom is 0.250 e. The van der Waals surface area contributed by atoms with Gasteiger partial charge in [-0.15, -0.1) is 0 Å². The Morgan fingerprint density at radius 2 is 2.12 bits per heavy atom. The number of amides is 1. The summed E-state index contributed by atoms with van der Waals surface area (Å²) in [6.07, 6.45) is 15.0. The number of nitrogens with one attached hydrogen (secondary N) is 2. The van der Waals surface area contributed by atoms with Crippen molar-refractivity contribution in [2.75, 3.05) is 28.7 Å². The van der Waals surface area contributed by atoms with E-state index in [2.05, 4.69) is 49.7 Å². The van der Waals surface area contributed by atoms with Crippen molar-refractivity contribution < 1.29 is 9.53 Å². The predicted octanol–water partition coefficient (Wildman–Crippen LogP) is 3.83. The van der Waals surface area contributed by atoms with Crippen LogP contribution in [0.25, 0.3) is 0 Å². The van der Waals surface area contributed by atoms with E-state index in [0.29, 0.717) is 6.10 Å². The molecule has 9 heteroatoms. The van der Waals surface area contributed by atoms with E-state index >= 15 is 0 Å². The molecule has 4 aliphatic rings. The third-order valence-electron chi connectivity index (χ3n) is 7.08. The van der Waals surface area contributed by atoms with Crippen LogP contribution in [0.5, 0.6) is 0 Å². The predicted molar refractivity (Wildman–Crippen MR) is 123 cm³/mol. The Bertz CT molecular complexity index is 1090. The fourth-order valence-electron chi connectivity index (χ4n) is 5.00. The Labute approximate surface area is 191 Å². The number of ether oxygens (including phenoxy) is 1. The first-order valence-electron chi connectivity index (χ1n) is 11.2. The summed E-state index contributed by atoms with van der Waals surface area (Å²) in [7, 11) is 0. The highest BCUT2D eigenvalue weighted by molar-refractivity contribution is 7.99. The number of fused-ring (bicyclic) bond motifs is 1. The summed E-state index contributed by atoms with van der Waals surface area (Å²) in [5.74, 6) is 1.60. The van der Waals surface area contributed by atoms with Crippen LogP contribution in [0.2, 0.25) is 0 Å². The highest BCUT2D eigenvalue weighted by atomic mass is 32.2. The normalized spacial score (nSPS) is 27.7. The van der Waals surface area contributed by atoms with Gasteiger partial charge in [-0.3, -0.25) is 4.79 Å². The minimum atomic E-state index is -0.478. The molecule has 1 unspecified atom stereocenters. The summed E-state index contributed by atoms with van der Waals surface area (Å²) in [6.45, 7) is 3.86. The quantitative estimate of drug-likeness (QED) is 0.729. The molecule has 2 aromatic rings. The monoisotopic (exact) mass is 450 g/mol. The molecule has 1 saturated carbocycles. The van der Waals surface area contributed by atoms with Crippen molar-refractivity contribution >= 4 is 35.0 Å². The summed E-state index contributed by atoms with van der Waals surface area (Å²) in [5.41, 5.74) is 0.424. The van der Waals surface area contributed by atoms with Crippen LogP contribution in [0.15, 0.2) is 46.9 Å². The molecular formula is C23H26N6O2S. The van der Waals surface area contributed by atoms with Crippen molar-refractivity contribution in [2.24, 2.45) is 5.41 Å². The molecule has 0 radical (unpaired) electrons. The minimum absolute atomic E-state index is 0.0317.